The number of aryl methyl sites for hydroxylation is 1. The largest absolute Gasteiger partial charge is 0.374 e. The number of amides is 3. The van der Waals surface area contributed by atoms with Gasteiger partial charge in [-0.2, -0.15) is 0 Å². The van der Waals surface area contributed by atoms with Crippen LogP contribution in [0.2, 0.25) is 0 Å². The Bertz CT molecular complexity index is 2440. The number of carbonyl (C=O) groups is 3. The van der Waals surface area contributed by atoms with Gasteiger partial charge in [0.2, 0.25) is 11.8 Å². The van der Waals surface area contributed by atoms with Crippen LogP contribution in [-0.4, -0.2) is 73.1 Å². The summed E-state index contributed by atoms with van der Waals surface area (Å²) in [4.78, 5) is 42.2. The molecule has 13 nitrogen and oxygen atoms in total. The van der Waals surface area contributed by atoms with Crippen LogP contribution in [-0.2, 0) is 44.4 Å². The lowest BCUT2D eigenvalue weighted by Gasteiger charge is -2.50. The van der Waals surface area contributed by atoms with Crippen LogP contribution in [0.3, 0.4) is 0 Å². The number of methoxy groups -OCH3 is 1. The van der Waals surface area contributed by atoms with Crippen LogP contribution in [0, 0.1) is 0 Å². The Labute approximate surface area is 299 Å². The number of nitrogens with zero attached hydrogens (tertiary/aromatic N) is 6. The first-order valence-electron chi connectivity index (χ1n) is 18.2. The molecular formula is C39H42N8O5. The zero-order valence-corrected chi connectivity index (χ0v) is 29.8. The molecule has 3 amide bonds. The van der Waals surface area contributed by atoms with Crippen LogP contribution >= 0.6 is 0 Å². The molecule has 6 heterocycles. The Hall–Kier alpha value is -5.27. The van der Waals surface area contributed by atoms with E-state index < -0.39 is 24.1 Å². The molecule has 2 bridgehead atoms. The normalized spacial score (nSPS) is 22.0. The summed E-state index contributed by atoms with van der Waals surface area (Å²) in [6.45, 7) is 5.65. The fourth-order valence-corrected chi connectivity index (χ4v) is 9.10. The van der Waals surface area contributed by atoms with Gasteiger partial charge in [0.1, 0.15) is 18.0 Å². The van der Waals surface area contributed by atoms with E-state index in [0.29, 0.717) is 24.2 Å². The van der Waals surface area contributed by atoms with E-state index >= 15 is 0 Å². The Morgan fingerprint density at radius 1 is 1.08 bits per heavy atom. The number of hydrogen-bond acceptors (Lipinski definition) is 7. The van der Waals surface area contributed by atoms with Gasteiger partial charge < -0.3 is 34.1 Å². The van der Waals surface area contributed by atoms with Gasteiger partial charge in [0, 0.05) is 68.1 Å². The maximum atomic E-state index is 14.0. The Morgan fingerprint density at radius 2 is 1.83 bits per heavy atom. The summed E-state index contributed by atoms with van der Waals surface area (Å²) in [5.41, 5.74) is 5.19. The van der Waals surface area contributed by atoms with Crippen molar-refractivity contribution in [2.45, 2.75) is 89.7 Å². The number of aromatic nitrogens is 5. The molecule has 0 spiro atoms. The van der Waals surface area contributed by atoms with Crippen molar-refractivity contribution in [2.75, 3.05) is 14.2 Å². The molecule has 2 N–H and O–H groups in total. The molecule has 52 heavy (non-hydrogen) atoms. The zero-order valence-electron chi connectivity index (χ0n) is 29.8. The molecule has 6 aromatic rings. The summed E-state index contributed by atoms with van der Waals surface area (Å²) in [7, 11) is 3.46. The number of unbranched alkanes of at least 4 members (excludes halogenated alkanes) is 1. The topological polar surface area (TPSA) is 138 Å². The zero-order chi connectivity index (χ0) is 35.9. The average Bonchev–Trinajstić information content (AvgIpc) is 3.92. The summed E-state index contributed by atoms with van der Waals surface area (Å²) in [5, 5.41) is 18.3. The fourth-order valence-electron chi connectivity index (χ4n) is 9.10. The van der Waals surface area contributed by atoms with Gasteiger partial charge >= 0.3 is 0 Å². The highest BCUT2D eigenvalue weighted by Crippen LogP contribution is 2.54. The minimum absolute atomic E-state index is 0.0378. The molecule has 0 aliphatic carbocycles. The smallest absolute Gasteiger partial charge is 0.252 e. The molecule has 3 aromatic heterocycles. The molecule has 3 aliphatic rings. The van der Waals surface area contributed by atoms with Crippen LogP contribution in [0.1, 0.15) is 73.8 Å². The lowest BCUT2D eigenvalue weighted by Crippen LogP contribution is -2.61. The molecule has 0 radical (unpaired) electrons. The summed E-state index contributed by atoms with van der Waals surface area (Å²) >= 11 is 0. The van der Waals surface area contributed by atoms with Gasteiger partial charge in [0.15, 0.2) is 5.72 Å². The fraction of sp³-hybridized carbons (Fsp3) is 0.410. The van der Waals surface area contributed by atoms with Gasteiger partial charge in [-0.15, -0.1) is 5.10 Å². The number of hydrogen-bond donors (Lipinski definition) is 2. The maximum absolute atomic E-state index is 14.0. The SMILES string of the molecule is CCCCn1cc(CNC(=O)CCC(=O)N(C)[C@@H]2C[C@H]3O[C@@](C)([C@@H]2OC)n2c4ccccc4c4c5c(c6c7ccccc7n3c6c42)C(=O)NC5)nn1. The van der Waals surface area contributed by atoms with Crippen molar-refractivity contribution in [1.82, 2.24) is 39.7 Å². The molecule has 3 aromatic carbocycles. The molecule has 9 rings (SSSR count). The van der Waals surface area contributed by atoms with Crippen molar-refractivity contribution in [3.05, 3.63) is 71.5 Å². The van der Waals surface area contributed by atoms with Crippen molar-refractivity contribution in [2.24, 2.45) is 0 Å². The number of likely N-dealkylation sites (N-methyl/N-ethyl adjacent to an activating group) is 1. The second-order valence-corrected chi connectivity index (χ2v) is 14.4. The highest BCUT2D eigenvalue weighted by molar-refractivity contribution is 6.31. The number of carbonyl (C=O) groups excluding carboxylic acids is 3. The van der Waals surface area contributed by atoms with E-state index in [1.54, 1.807) is 23.7 Å². The van der Waals surface area contributed by atoms with Gasteiger partial charge in [-0.05, 0) is 31.0 Å². The van der Waals surface area contributed by atoms with Crippen molar-refractivity contribution >= 4 is 61.3 Å². The predicted molar refractivity (Wildman–Crippen MR) is 195 cm³/mol. The highest BCUT2D eigenvalue weighted by atomic mass is 16.6. The van der Waals surface area contributed by atoms with Crippen LogP contribution in [0.4, 0.5) is 0 Å². The third kappa shape index (κ3) is 4.64. The van der Waals surface area contributed by atoms with Crippen LogP contribution in [0.5, 0.6) is 0 Å². The van der Waals surface area contributed by atoms with Crippen LogP contribution < -0.4 is 10.6 Å². The molecule has 0 saturated carbocycles. The predicted octanol–water partition coefficient (Wildman–Crippen LogP) is 5.08. The summed E-state index contributed by atoms with van der Waals surface area (Å²) in [6, 6.07) is 16.0. The third-order valence-corrected chi connectivity index (χ3v) is 11.4. The Balaban J connectivity index is 1.09. The molecule has 1 saturated heterocycles. The first-order chi connectivity index (χ1) is 25.2. The average molecular weight is 703 g/mol. The monoisotopic (exact) mass is 702 g/mol. The van der Waals surface area contributed by atoms with Crippen molar-refractivity contribution in [3.8, 4) is 0 Å². The number of para-hydroxylation sites is 2. The second kappa shape index (κ2) is 12.2. The summed E-state index contributed by atoms with van der Waals surface area (Å²) in [5.74, 6) is -0.458. The molecule has 13 heteroatoms. The van der Waals surface area contributed by atoms with E-state index in [2.05, 4.69) is 61.3 Å². The van der Waals surface area contributed by atoms with Crippen molar-refractivity contribution < 1.29 is 23.9 Å². The van der Waals surface area contributed by atoms with Crippen molar-refractivity contribution in [1.29, 1.82) is 0 Å². The second-order valence-electron chi connectivity index (χ2n) is 14.4. The number of benzene rings is 3. The van der Waals surface area contributed by atoms with E-state index in [-0.39, 0.29) is 37.1 Å². The van der Waals surface area contributed by atoms with Crippen molar-refractivity contribution in [3.63, 3.8) is 0 Å². The van der Waals surface area contributed by atoms with E-state index in [9.17, 15) is 14.4 Å². The number of fused-ring (bicyclic) bond motifs is 13. The Morgan fingerprint density at radius 3 is 2.60 bits per heavy atom. The maximum Gasteiger partial charge on any atom is 0.252 e. The minimum Gasteiger partial charge on any atom is -0.374 e. The molecule has 4 atom stereocenters. The first-order valence-corrected chi connectivity index (χ1v) is 18.2. The molecule has 0 unspecified atom stereocenters. The number of rotatable bonds is 10. The lowest BCUT2D eigenvalue weighted by atomic mass is 9.91. The Kier molecular flexibility index (Phi) is 7.63. The summed E-state index contributed by atoms with van der Waals surface area (Å²) < 4.78 is 19.9. The van der Waals surface area contributed by atoms with Gasteiger partial charge in [-0.3, -0.25) is 19.1 Å². The molecule has 1 fully saturated rings. The standard InChI is InChI=1S/C39H42N8O5/c1-5-6-17-45-21-22(42-43-45)19-40-29(48)15-16-30(49)44(3)28-18-31-46-26-13-9-7-11-23(26)33-34-25(20-41-38(34)50)32-24-12-8-10-14-27(24)47(36(32)35(33)46)39(2,52-31)37(28)51-4/h7-14,21,28,31,37H,5-6,15-20H2,1-4H3,(H,40,48)(H,41,50)/t28-,31-,37-,39+/m1/s1. The van der Waals surface area contributed by atoms with E-state index in [0.717, 1.165) is 68.6 Å². The van der Waals surface area contributed by atoms with Gasteiger partial charge in [-0.1, -0.05) is 55.0 Å². The molecule has 268 valence electrons. The van der Waals surface area contributed by atoms with E-state index in [4.69, 9.17) is 9.47 Å². The van der Waals surface area contributed by atoms with Crippen LogP contribution in [0.15, 0.2) is 54.7 Å². The quantitative estimate of drug-likeness (QED) is 0.203. The third-order valence-electron chi connectivity index (χ3n) is 11.4. The highest BCUT2D eigenvalue weighted by Gasteiger charge is 2.55. The summed E-state index contributed by atoms with van der Waals surface area (Å²) in [6.07, 6.45) is 3.37. The molecular weight excluding hydrogens is 660 g/mol. The lowest BCUT2D eigenvalue weighted by molar-refractivity contribution is -0.266. The van der Waals surface area contributed by atoms with E-state index in [1.807, 2.05) is 37.4 Å². The van der Waals surface area contributed by atoms with E-state index in [1.165, 1.54) is 0 Å². The first kappa shape index (κ1) is 32.6. The van der Waals surface area contributed by atoms with Gasteiger partial charge in [0.25, 0.3) is 5.91 Å². The van der Waals surface area contributed by atoms with Gasteiger partial charge in [-0.25, -0.2) is 0 Å². The minimum atomic E-state index is -1.05. The number of nitrogens with one attached hydrogen (secondary N) is 2. The number of ether oxygens (including phenoxy) is 2. The van der Waals surface area contributed by atoms with Crippen LogP contribution in [0.25, 0.3) is 43.6 Å². The molecule has 3 aliphatic heterocycles. The van der Waals surface area contributed by atoms with Gasteiger partial charge in [0.05, 0.1) is 46.4 Å².